The van der Waals surface area contributed by atoms with E-state index in [1.54, 1.807) is 19.1 Å². The quantitative estimate of drug-likeness (QED) is 0.608. The van der Waals surface area contributed by atoms with Gasteiger partial charge in [-0.1, -0.05) is 29.3 Å². The molecule has 3 saturated heterocycles. The van der Waals surface area contributed by atoms with Crippen molar-refractivity contribution < 1.29 is 14.9 Å². The molecule has 4 N–H and O–H groups in total. The van der Waals surface area contributed by atoms with E-state index in [0.717, 1.165) is 31.7 Å². The molecule has 0 radical (unpaired) electrons. The summed E-state index contributed by atoms with van der Waals surface area (Å²) in [5.74, 6) is 0.485. The van der Waals surface area contributed by atoms with E-state index < -0.39 is 24.0 Å². The second-order valence-corrected chi connectivity index (χ2v) is 8.52. The van der Waals surface area contributed by atoms with Crippen molar-refractivity contribution in [3.8, 4) is 0 Å². The van der Waals surface area contributed by atoms with E-state index in [9.17, 15) is 10.2 Å². The van der Waals surface area contributed by atoms with Gasteiger partial charge in [0.2, 0.25) is 0 Å². The van der Waals surface area contributed by atoms with Crippen molar-refractivity contribution in [3.63, 3.8) is 0 Å². The molecule has 0 spiro atoms. The predicted octanol–water partition coefficient (Wildman–Crippen LogP) is 1.17. The number of aliphatic hydroxyl groups excluding tert-OH is 1. The first-order valence-corrected chi connectivity index (χ1v) is 9.83. The summed E-state index contributed by atoms with van der Waals surface area (Å²) >= 11 is 12.1. The molecule has 0 aromatic heterocycles. The van der Waals surface area contributed by atoms with Gasteiger partial charge < -0.3 is 20.3 Å². The smallest absolute Gasteiger partial charge is 0.141 e. The van der Waals surface area contributed by atoms with Crippen LogP contribution in [0.5, 0.6) is 0 Å². The molecule has 3 aliphatic heterocycles. The summed E-state index contributed by atoms with van der Waals surface area (Å²) in [6.07, 6.45) is -0.384. The summed E-state index contributed by atoms with van der Waals surface area (Å²) in [6.45, 7) is 4.17. The molecule has 3 heterocycles. The number of rotatable bonds is 3. The van der Waals surface area contributed by atoms with Gasteiger partial charge in [0.1, 0.15) is 17.9 Å². The first-order chi connectivity index (χ1) is 12.4. The first-order valence-electron chi connectivity index (χ1n) is 9.07. The highest BCUT2D eigenvalue weighted by molar-refractivity contribution is 6.42. The van der Waals surface area contributed by atoms with Gasteiger partial charge in [0, 0.05) is 32.1 Å². The lowest BCUT2D eigenvalue weighted by Gasteiger charge is -2.37. The molecule has 6 nitrogen and oxygen atoms in total. The van der Waals surface area contributed by atoms with E-state index in [2.05, 4.69) is 15.5 Å². The van der Waals surface area contributed by atoms with Crippen LogP contribution in [0, 0.1) is 5.92 Å². The van der Waals surface area contributed by atoms with Gasteiger partial charge in [-0.3, -0.25) is 10.2 Å². The number of likely N-dealkylation sites (tertiary alicyclic amines) is 1. The number of nitrogens with zero attached hydrogens (tertiary/aromatic N) is 1. The van der Waals surface area contributed by atoms with Crippen LogP contribution in [0.1, 0.15) is 18.9 Å². The Labute approximate surface area is 163 Å². The number of nitrogens with one attached hydrogen (secondary N) is 2. The predicted molar refractivity (Wildman–Crippen MR) is 100 cm³/mol. The van der Waals surface area contributed by atoms with Crippen LogP contribution >= 0.6 is 23.2 Å². The fraction of sp³-hybridized carbons (Fsp3) is 0.667. The average Bonchev–Trinajstić information content (AvgIpc) is 3.13. The van der Waals surface area contributed by atoms with Crippen LogP contribution in [0.3, 0.4) is 0 Å². The summed E-state index contributed by atoms with van der Waals surface area (Å²) in [5.41, 5.74) is -0.432. The van der Waals surface area contributed by atoms with Gasteiger partial charge >= 0.3 is 0 Å². The third kappa shape index (κ3) is 3.27. The molecule has 26 heavy (non-hydrogen) atoms. The highest BCUT2D eigenvalue weighted by Crippen LogP contribution is 2.38. The van der Waals surface area contributed by atoms with Gasteiger partial charge in [0.15, 0.2) is 0 Å². The maximum Gasteiger partial charge on any atom is 0.141 e. The minimum atomic E-state index is -1.35. The van der Waals surface area contributed by atoms with Crippen LogP contribution in [0.4, 0.5) is 0 Å². The summed E-state index contributed by atoms with van der Waals surface area (Å²) in [7, 11) is 0. The van der Waals surface area contributed by atoms with Crippen molar-refractivity contribution in [2.45, 2.75) is 50.0 Å². The molecule has 6 atom stereocenters. The molecular formula is C18H25Cl2N3O3. The average molecular weight is 402 g/mol. The lowest BCUT2D eigenvalue weighted by Crippen LogP contribution is -2.59. The molecule has 0 saturated carbocycles. The van der Waals surface area contributed by atoms with Crippen LogP contribution in [0.25, 0.3) is 0 Å². The molecule has 144 valence electrons. The van der Waals surface area contributed by atoms with Crippen molar-refractivity contribution in [1.29, 1.82) is 0 Å². The standard InChI is InChI=1S/C18H25Cl2N3O3/c1-18(25)14(7-10-2-3-12(19)13(20)6-10)26-17(15(18)24)23-5-4-11-8-21-9-22-16(11)23/h2-3,6,11,14-17,21-22,24-25H,4-5,7-9H2,1H3/t11?,14-,15+,16?,17-,18-/m1/s1. The molecule has 2 unspecified atom stereocenters. The summed E-state index contributed by atoms with van der Waals surface area (Å²) in [6, 6.07) is 5.39. The van der Waals surface area contributed by atoms with Crippen LogP contribution in [0.2, 0.25) is 10.0 Å². The van der Waals surface area contributed by atoms with Gasteiger partial charge in [-0.2, -0.15) is 0 Å². The van der Waals surface area contributed by atoms with Crippen LogP contribution in [0.15, 0.2) is 18.2 Å². The monoisotopic (exact) mass is 401 g/mol. The fourth-order valence-electron chi connectivity index (χ4n) is 4.35. The van der Waals surface area contributed by atoms with Gasteiger partial charge in [-0.25, -0.2) is 0 Å². The molecule has 3 aliphatic rings. The number of aliphatic hydroxyl groups is 2. The number of ether oxygens (including phenoxy) is 1. The lowest BCUT2D eigenvalue weighted by molar-refractivity contribution is -0.104. The molecule has 1 aromatic carbocycles. The molecule has 0 bridgehead atoms. The minimum Gasteiger partial charge on any atom is -0.386 e. The zero-order chi connectivity index (χ0) is 18.5. The molecule has 8 heteroatoms. The van der Waals surface area contributed by atoms with Crippen molar-refractivity contribution in [3.05, 3.63) is 33.8 Å². The Morgan fingerprint density at radius 2 is 2.15 bits per heavy atom. The third-order valence-corrected chi connectivity index (χ3v) is 6.70. The molecule has 3 fully saturated rings. The van der Waals surface area contributed by atoms with Crippen molar-refractivity contribution in [2.75, 3.05) is 19.8 Å². The van der Waals surface area contributed by atoms with Gasteiger partial charge in [-0.05, 0) is 31.0 Å². The molecular weight excluding hydrogens is 377 g/mol. The van der Waals surface area contributed by atoms with E-state index in [4.69, 9.17) is 27.9 Å². The Hall–Kier alpha value is -0.440. The van der Waals surface area contributed by atoms with Crippen LogP contribution < -0.4 is 10.6 Å². The van der Waals surface area contributed by atoms with E-state index in [0.29, 0.717) is 22.4 Å². The van der Waals surface area contributed by atoms with E-state index in [1.165, 1.54) is 0 Å². The molecule has 0 aliphatic carbocycles. The molecule has 4 rings (SSSR count). The highest BCUT2D eigenvalue weighted by atomic mass is 35.5. The molecule has 1 aromatic rings. The Balaban J connectivity index is 1.51. The molecule has 0 amide bonds. The Kier molecular flexibility index (Phi) is 5.22. The zero-order valence-electron chi connectivity index (χ0n) is 14.7. The summed E-state index contributed by atoms with van der Waals surface area (Å²) in [5, 5.41) is 29.5. The normalized spacial score (nSPS) is 40.7. The Morgan fingerprint density at radius 1 is 1.35 bits per heavy atom. The third-order valence-electron chi connectivity index (χ3n) is 5.96. The second-order valence-electron chi connectivity index (χ2n) is 7.70. The zero-order valence-corrected chi connectivity index (χ0v) is 16.2. The van der Waals surface area contributed by atoms with Gasteiger partial charge in [-0.15, -0.1) is 0 Å². The lowest BCUT2D eigenvalue weighted by atomic mass is 9.90. The SMILES string of the molecule is C[C@@]1(O)[C@@H](Cc2ccc(Cl)c(Cl)c2)O[C@@H](N2CCC3CNCNC32)[C@@H]1O. The number of fused-ring (bicyclic) bond motifs is 1. The van der Waals surface area contributed by atoms with Crippen molar-refractivity contribution in [1.82, 2.24) is 15.5 Å². The maximum absolute atomic E-state index is 10.9. The minimum absolute atomic E-state index is 0.162. The highest BCUT2D eigenvalue weighted by Gasteiger charge is 2.56. The van der Waals surface area contributed by atoms with Crippen LogP contribution in [-0.2, 0) is 11.2 Å². The second kappa shape index (κ2) is 7.18. The van der Waals surface area contributed by atoms with Crippen molar-refractivity contribution >= 4 is 23.2 Å². The Morgan fingerprint density at radius 3 is 2.92 bits per heavy atom. The van der Waals surface area contributed by atoms with Crippen molar-refractivity contribution in [2.24, 2.45) is 5.92 Å². The number of hydrogen-bond acceptors (Lipinski definition) is 6. The van der Waals surface area contributed by atoms with E-state index >= 15 is 0 Å². The van der Waals surface area contributed by atoms with Gasteiger partial charge in [0.25, 0.3) is 0 Å². The fourth-order valence-corrected chi connectivity index (χ4v) is 4.68. The van der Waals surface area contributed by atoms with Crippen LogP contribution in [-0.4, -0.2) is 65.1 Å². The topological polar surface area (TPSA) is 77.0 Å². The number of hydrogen-bond donors (Lipinski definition) is 4. The van der Waals surface area contributed by atoms with E-state index in [1.807, 2.05) is 6.07 Å². The largest absolute Gasteiger partial charge is 0.386 e. The summed E-state index contributed by atoms with van der Waals surface area (Å²) < 4.78 is 6.19. The Bertz CT molecular complexity index is 675. The first kappa shape index (κ1) is 18.9. The number of halogens is 2. The van der Waals surface area contributed by atoms with E-state index in [-0.39, 0.29) is 6.17 Å². The summed E-state index contributed by atoms with van der Waals surface area (Å²) in [4.78, 5) is 2.15. The van der Waals surface area contributed by atoms with Gasteiger partial charge in [0.05, 0.1) is 22.3 Å². The maximum atomic E-state index is 10.9. The number of benzene rings is 1.